The largest absolute Gasteiger partial charge is 0.468 e. The number of methoxy groups -OCH3 is 1. The molecule has 1 fully saturated rings. The summed E-state index contributed by atoms with van der Waals surface area (Å²) in [5.74, 6) is 0.472. The monoisotopic (exact) mass is 280 g/mol. The van der Waals surface area contributed by atoms with Gasteiger partial charge in [0, 0.05) is 32.2 Å². The smallest absolute Gasteiger partial charge is 0.319 e. The molecular weight excluding hydrogens is 264 g/mol. The van der Waals surface area contributed by atoms with Crippen molar-refractivity contribution < 1.29 is 14.5 Å². The van der Waals surface area contributed by atoms with Gasteiger partial charge in [0.05, 0.1) is 18.6 Å². The molecule has 0 unspecified atom stereocenters. The first-order valence-electron chi connectivity index (χ1n) is 6.24. The number of piperazine rings is 1. The van der Waals surface area contributed by atoms with Crippen molar-refractivity contribution in [2.75, 3.05) is 44.7 Å². The molecule has 0 saturated carbocycles. The van der Waals surface area contributed by atoms with E-state index in [0.29, 0.717) is 5.82 Å². The number of pyridine rings is 1. The Labute approximate surface area is 116 Å². The normalized spacial score (nSPS) is 15.9. The maximum atomic E-state index is 11.2. The van der Waals surface area contributed by atoms with Gasteiger partial charge in [-0.3, -0.25) is 19.8 Å². The average Bonchev–Trinajstić information content (AvgIpc) is 2.48. The van der Waals surface area contributed by atoms with Gasteiger partial charge in [-0.1, -0.05) is 0 Å². The minimum atomic E-state index is -0.467. The number of esters is 1. The van der Waals surface area contributed by atoms with Crippen LogP contribution in [0.1, 0.15) is 0 Å². The van der Waals surface area contributed by atoms with E-state index >= 15 is 0 Å². The van der Waals surface area contributed by atoms with Gasteiger partial charge in [0.2, 0.25) is 0 Å². The summed E-state index contributed by atoms with van der Waals surface area (Å²) in [6, 6.07) is 3.09. The van der Waals surface area contributed by atoms with Crippen molar-refractivity contribution in [3.8, 4) is 0 Å². The third-order valence-electron chi connectivity index (χ3n) is 3.22. The minimum Gasteiger partial charge on any atom is -0.468 e. The number of anilines is 1. The standard InChI is InChI=1S/C12H16N4O4/c1-20-12(17)9-14-4-6-15(7-5-14)11-3-2-10(8-13-11)16(18)19/h2-3,8H,4-7,9H2,1H3. The molecule has 0 aromatic carbocycles. The zero-order chi connectivity index (χ0) is 14.5. The van der Waals surface area contributed by atoms with Crippen LogP contribution < -0.4 is 4.90 Å². The second kappa shape index (κ2) is 6.29. The fourth-order valence-corrected chi connectivity index (χ4v) is 2.06. The van der Waals surface area contributed by atoms with Gasteiger partial charge >= 0.3 is 5.97 Å². The van der Waals surface area contributed by atoms with Crippen LogP contribution in [0.2, 0.25) is 0 Å². The van der Waals surface area contributed by atoms with Crippen LogP contribution in [-0.4, -0.2) is 60.6 Å². The Morgan fingerprint density at radius 3 is 2.60 bits per heavy atom. The van der Waals surface area contributed by atoms with Gasteiger partial charge in [0.25, 0.3) is 5.69 Å². The fourth-order valence-electron chi connectivity index (χ4n) is 2.06. The van der Waals surface area contributed by atoms with Crippen molar-refractivity contribution >= 4 is 17.5 Å². The first kappa shape index (κ1) is 14.2. The fraction of sp³-hybridized carbons (Fsp3) is 0.500. The van der Waals surface area contributed by atoms with E-state index in [1.54, 1.807) is 6.07 Å². The third-order valence-corrected chi connectivity index (χ3v) is 3.22. The minimum absolute atomic E-state index is 0.0157. The van der Waals surface area contributed by atoms with Crippen molar-refractivity contribution in [3.05, 3.63) is 28.4 Å². The molecule has 0 aliphatic carbocycles. The van der Waals surface area contributed by atoms with Gasteiger partial charge in [-0.2, -0.15) is 0 Å². The molecule has 1 aromatic heterocycles. The molecule has 0 bridgehead atoms. The quantitative estimate of drug-likeness (QED) is 0.444. The van der Waals surface area contributed by atoms with E-state index in [1.165, 1.54) is 19.4 Å². The Balaban J connectivity index is 1.90. The molecule has 1 aliphatic rings. The predicted molar refractivity (Wildman–Crippen MR) is 71.6 cm³/mol. The third kappa shape index (κ3) is 3.41. The number of hydrogen-bond acceptors (Lipinski definition) is 7. The molecule has 2 heterocycles. The summed E-state index contributed by atoms with van der Waals surface area (Å²) in [7, 11) is 1.37. The van der Waals surface area contributed by atoms with Gasteiger partial charge in [-0.25, -0.2) is 4.98 Å². The van der Waals surface area contributed by atoms with Crippen LogP contribution in [0.15, 0.2) is 18.3 Å². The second-order valence-corrected chi connectivity index (χ2v) is 4.47. The molecule has 0 N–H and O–H groups in total. The molecule has 1 saturated heterocycles. The van der Waals surface area contributed by atoms with Gasteiger partial charge in [0.1, 0.15) is 12.0 Å². The van der Waals surface area contributed by atoms with Gasteiger partial charge in [-0.05, 0) is 6.07 Å². The zero-order valence-electron chi connectivity index (χ0n) is 11.2. The van der Waals surface area contributed by atoms with Crippen LogP contribution in [0.3, 0.4) is 0 Å². The van der Waals surface area contributed by atoms with Crippen molar-refractivity contribution in [2.24, 2.45) is 0 Å². The molecule has 2 rings (SSSR count). The zero-order valence-corrected chi connectivity index (χ0v) is 11.2. The summed E-state index contributed by atoms with van der Waals surface area (Å²) < 4.78 is 4.63. The lowest BCUT2D eigenvalue weighted by Gasteiger charge is -2.34. The Kier molecular flexibility index (Phi) is 4.46. The maximum Gasteiger partial charge on any atom is 0.319 e. The first-order valence-corrected chi connectivity index (χ1v) is 6.24. The first-order chi connectivity index (χ1) is 9.60. The number of nitro groups is 1. The number of carbonyl (C=O) groups excluding carboxylic acids is 1. The molecule has 8 nitrogen and oxygen atoms in total. The Bertz CT molecular complexity index is 483. The lowest BCUT2D eigenvalue weighted by atomic mass is 10.3. The molecule has 0 spiro atoms. The average molecular weight is 280 g/mol. The number of hydrogen-bond donors (Lipinski definition) is 0. The van der Waals surface area contributed by atoms with Crippen LogP contribution >= 0.6 is 0 Å². The van der Waals surface area contributed by atoms with E-state index in [-0.39, 0.29) is 18.2 Å². The van der Waals surface area contributed by atoms with Crippen molar-refractivity contribution in [1.29, 1.82) is 0 Å². The topological polar surface area (TPSA) is 88.8 Å². The molecule has 1 aromatic rings. The van der Waals surface area contributed by atoms with Crippen LogP contribution in [0.5, 0.6) is 0 Å². The van der Waals surface area contributed by atoms with Crippen LogP contribution in [0.4, 0.5) is 11.5 Å². The van der Waals surface area contributed by atoms with Gasteiger partial charge in [0.15, 0.2) is 0 Å². The number of rotatable bonds is 4. The predicted octanol–water partition coefficient (Wildman–Crippen LogP) is 0.285. The number of aromatic nitrogens is 1. The summed E-state index contributed by atoms with van der Waals surface area (Å²) in [6.07, 6.45) is 1.26. The summed E-state index contributed by atoms with van der Waals surface area (Å²) in [5, 5.41) is 10.6. The lowest BCUT2D eigenvalue weighted by molar-refractivity contribution is -0.385. The Morgan fingerprint density at radius 2 is 2.10 bits per heavy atom. The van der Waals surface area contributed by atoms with Crippen molar-refractivity contribution in [2.45, 2.75) is 0 Å². The van der Waals surface area contributed by atoms with Crippen molar-refractivity contribution in [1.82, 2.24) is 9.88 Å². The molecule has 1 aliphatic heterocycles. The number of carbonyl (C=O) groups is 1. The molecule has 20 heavy (non-hydrogen) atoms. The molecule has 0 amide bonds. The highest BCUT2D eigenvalue weighted by molar-refractivity contribution is 5.71. The molecule has 108 valence electrons. The Morgan fingerprint density at radius 1 is 1.40 bits per heavy atom. The van der Waals surface area contributed by atoms with Crippen LogP contribution in [0, 0.1) is 10.1 Å². The van der Waals surface area contributed by atoms with E-state index in [9.17, 15) is 14.9 Å². The molecule has 8 heteroatoms. The number of ether oxygens (including phenoxy) is 1. The van der Waals surface area contributed by atoms with E-state index in [0.717, 1.165) is 26.2 Å². The highest BCUT2D eigenvalue weighted by Crippen LogP contribution is 2.17. The number of nitrogens with zero attached hydrogens (tertiary/aromatic N) is 4. The molecule has 0 atom stereocenters. The Hall–Kier alpha value is -2.22. The summed E-state index contributed by atoms with van der Waals surface area (Å²) >= 11 is 0. The summed E-state index contributed by atoms with van der Waals surface area (Å²) in [4.78, 5) is 29.4. The highest BCUT2D eigenvalue weighted by atomic mass is 16.6. The van der Waals surface area contributed by atoms with Crippen LogP contribution in [0.25, 0.3) is 0 Å². The van der Waals surface area contributed by atoms with Crippen LogP contribution in [-0.2, 0) is 9.53 Å². The van der Waals surface area contributed by atoms with Gasteiger partial charge in [-0.15, -0.1) is 0 Å². The summed E-state index contributed by atoms with van der Waals surface area (Å²) in [6.45, 7) is 3.20. The van der Waals surface area contributed by atoms with Crippen molar-refractivity contribution in [3.63, 3.8) is 0 Å². The van der Waals surface area contributed by atoms with E-state index < -0.39 is 4.92 Å². The maximum absolute atomic E-state index is 11.2. The van der Waals surface area contributed by atoms with E-state index in [2.05, 4.69) is 9.72 Å². The van der Waals surface area contributed by atoms with E-state index in [4.69, 9.17) is 0 Å². The molecular formula is C12H16N4O4. The molecule has 0 radical (unpaired) electrons. The SMILES string of the molecule is COC(=O)CN1CCN(c2ccc([N+](=O)[O-])cn2)CC1. The van der Waals surface area contributed by atoms with E-state index in [1.807, 2.05) is 9.80 Å². The van der Waals surface area contributed by atoms with Gasteiger partial charge < -0.3 is 9.64 Å². The second-order valence-electron chi connectivity index (χ2n) is 4.47. The summed E-state index contributed by atoms with van der Waals surface area (Å²) in [5.41, 5.74) is -0.0157. The lowest BCUT2D eigenvalue weighted by Crippen LogP contribution is -2.48. The highest BCUT2D eigenvalue weighted by Gasteiger charge is 2.20.